The van der Waals surface area contributed by atoms with Gasteiger partial charge in [-0.15, -0.1) is 0 Å². The van der Waals surface area contributed by atoms with E-state index in [9.17, 15) is 0 Å². The van der Waals surface area contributed by atoms with Gasteiger partial charge in [-0.05, 0) is 137 Å². The second-order valence-corrected chi connectivity index (χ2v) is 22.7. The number of hydrogen-bond acceptors (Lipinski definition) is 0. The van der Waals surface area contributed by atoms with Gasteiger partial charge in [-0.2, -0.15) is 21.9 Å². The summed E-state index contributed by atoms with van der Waals surface area (Å²) in [5.41, 5.74) is 22.4. The van der Waals surface area contributed by atoms with Crippen LogP contribution in [0.4, 0.5) is 0 Å². The van der Waals surface area contributed by atoms with Crippen LogP contribution in [-0.4, -0.2) is 16.5 Å². The van der Waals surface area contributed by atoms with Crippen molar-refractivity contribution in [1.29, 1.82) is 0 Å². The van der Waals surface area contributed by atoms with Crippen molar-refractivity contribution in [2.45, 2.75) is 135 Å². The number of aryl methyl sites for hydroxylation is 12. The van der Waals surface area contributed by atoms with Gasteiger partial charge in [0.2, 0.25) is 0 Å². The zero-order chi connectivity index (χ0) is 39.1. The monoisotopic (exact) mass is 711 g/mol. The van der Waals surface area contributed by atoms with Gasteiger partial charge in [0.15, 0.2) is 0 Å². The Kier molecular flexibility index (Phi) is 12.3. The van der Waals surface area contributed by atoms with Crippen LogP contribution in [0.1, 0.15) is 108 Å². The van der Waals surface area contributed by atoms with E-state index in [-0.39, 0.29) is 0 Å². The smallest absolute Gasteiger partial charge is 0.110 e. The van der Waals surface area contributed by atoms with Crippen molar-refractivity contribution in [2.75, 3.05) is 0 Å². The Balaban J connectivity index is 0.000000338. The standard InChI is InChI=1S/C36H44B.C14H23P/c1-21-13-25(5)33(26(6)14-21)37(34-27(7)15-22(2)16-28(34)8,35-29(9)17-23(3)18-30(35)10)36-31(11)19-24(4)20-32(36)12;1-13(2,3)15(14(4,5)6)12-10-8-7-9-11-12/h13-20H,1-12H3;7-11H,1-6H3/q-1;/p+1. The molecule has 276 valence electrons. The molecule has 0 unspecified atom stereocenters. The van der Waals surface area contributed by atoms with Crippen molar-refractivity contribution in [3.05, 3.63) is 146 Å². The number of benzene rings is 5. The minimum atomic E-state index is -1.48. The van der Waals surface area contributed by atoms with Gasteiger partial charge >= 0.3 is 0 Å². The minimum absolute atomic E-state index is 0.407. The maximum absolute atomic E-state index is 2.40. The van der Waals surface area contributed by atoms with E-state index in [1.54, 1.807) is 5.30 Å². The van der Waals surface area contributed by atoms with Gasteiger partial charge in [0.05, 0.1) is 15.6 Å². The summed E-state index contributed by atoms with van der Waals surface area (Å²) < 4.78 is 0. The number of rotatable bonds is 5. The SMILES string of the molecule is CC(C)(C)[PH+](c1ccccc1)C(C)(C)C.Cc1cc(C)c([B-](c2c(C)cc(C)cc2C)(c2c(C)cc(C)cc2C)c2c(C)cc(C)cc2C)c(C)c1. The van der Waals surface area contributed by atoms with Gasteiger partial charge in [-0.25, -0.2) is 0 Å². The molecule has 2 heteroatoms. The van der Waals surface area contributed by atoms with Crippen LogP contribution in [0, 0.1) is 83.1 Å². The van der Waals surface area contributed by atoms with Crippen molar-refractivity contribution in [1.82, 2.24) is 0 Å². The van der Waals surface area contributed by atoms with E-state index in [2.05, 4.69) is 203 Å². The molecular formula is C50H68BP. The summed E-state index contributed by atoms with van der Waals surface area (Å²) in [4.78, 5) is 0. The molecule has 0 aliphatic rings. The fraction of sp³-hybridized carbons (Fsp3) is 0.400. The molecule has 0 saturated carbocycles. The molecule has 0 N–H and O–H groups in total. The highest BCUT2D eigenvalue weighted by molar-refractivity contribution is 7.68. The van der Waals surface area contributed by atoms with E-state index >= 15 is 0 Å². The van der Waals surface area contributed by atoms with Gasteiger partial charge < -0.3 is 0 Å². The van der Waals surface area contributed by atoms with Crippen molar-refractivity contribution in [2.24, 2.45) is 0 Å². The van der Waals surface area contributed by atoms with Gasteiger partial charge in [0.1, 0.15) is 6.15 Å². The molecule has 5 aromatic rings. The zero-order valence-electron chi connectivity index (χ0n) is 36.1. The van der Waals surface area contributed by atoms with Crippen LogP contribution in [0.2, 0.25) is 0 Å². The summed E-state index contributed by atoms with van der Waals surface area (Å²) in [6, 6.07) is 30.2. The van der Waals surface area contributed by atoms with Gasteiger partial charge in [-0.1, -0.05) is 133 Å². The molecule has 52 heavy (non-hydrogen) atoms. The lowest BCUT2D eigenvalue weighted by molar-refractivity contribution is 0.715. The lowest BCUT2D eigenvalue weighted by Crippen LogP contribution is -2.78. The van der Waals surface area contributed by atoms with Crippen molar-refractivity contribution in [3.63, 3.8) is 0 Å². The molecule has 5 aromatic carbocycles. The molecule has 0 bridgehead atoms. The molecule has 0 atom stereocenters. The molecule has 0 spiro atoms. The largest absolute Gasteiger partial charge is 0.189 e. The van der Waals surface area contributed by atoms with Gasteiger partial charge in [-0.3, -0.25) is 0 Å². The van der Waals surface area contributed by atoms with Crippen LogP contribution in [0.25, 0.3) is 0 Å². The third kappa shape index (κ3) is 8.21. The minimum Gasteiger partial charge on any atom is -0.189 e. The first-order chi connectivity index (χ1) is 24.0. The van der Waals surface area contributed by atoms with Crippen molar-refractivity contribution < 1.29 is 0 Å². The van der Waals surface area contributed by atoms with E-state index in [1.807, 2.05) is 0 Å². The molecule has 0 fully saturated rings. The molecule has 5 rings (SSSR count). The molecule has 0 saturated heterocycles. The van der Waals surface area contributed by atoms with Crippen molar-refractivity contribution in [3.8, 4) is 0 Å². The maximum Gasteiger partial charge on any atom is 0.110 e. The summed E-state index contributed by atoms with van der Waals surface area (Å²) >= 11 is 0. The Morgan fingerprint density at radius 2 is 0.558 bits per heavy atom. The highest BCUT2D eigenvalue weighted by Crippen LogP contribution is 2.58. The summed E-state index contributed by atoms with van der Waals surface area (Å²) in [5.74, 6) is 0. The van der Waals surface area contributed by atoms with Crippen LogP contribution in [0.15, 0.2) is 78.9 Å². The first-order valence-corrected chi connectivity index (χ1v) is 20.9. The van der Waals surface area contributed by atoms with Crippen LogP contribution in [0.5, 0.6) is 0 Å². The highest BCUT2D eigenvalue weighted by Gasteiger charge is 2.43. The van der Waals surface area contributed by atoms with Crippen LogP contribution >= 0.6 is 7.92 Å². The third-order valence-corrected chi connectivity index (χ3v) is 15.2. The quantitative estimate of drug-likeness (QED) is 0.126. The van der Waals surface area contributed by atoms with Crippen molar-refractivity contribution >= 4 is 41.2 Å². The normalized spacial score (nSPS) is 12.2. The van der Waals surface area contributed by atoms with Gasteiger partial charge in [0.25, 0.3) is 0 Å². The average molecular weight is 711 g/mol. The Bertz CT molecular complexity index is 1730. The Morgan fingerprint density at radius 1 is 0.346 bits per heavy atom. The van der Waals surface area contributed by atoms with Crippen LogP contribution < -0.4 is 27.2 Å². The summed E-state index contributed by atoms with van der Waals surface area (Å²) in [6.07, 6.45) is -1.48. The molecular weight excluding hydrogens is 642 g/mol. The Hall–Kier alpha value is -3.41. The Labute approximate surface area is 320 Å². The summed E-state index contributed by atoms with van der Waals surface area (Å²) in [7, 11) is -0.553. The predicted octanol–water partition coefficient (Wildman–Crippen LogP) is 10.9. The molecule has 0 heterocycles. The van der Waals surface area contributed by atoms with Crippen LogP contribution in [-0.2, 0) is 0 Å². The molecule has 0 nitrogen and oxygen atoms in total. The second-order valence-electron chi connectivity index (χ2n) is 18.4. The fourth-order valence-electron chi connectivity index (χ4n) is 11.0. The molecule has 0 radical (unpaired) electrons. The lowest BCUT2D eigenvalue weighted by Gasteiger charge is -2.51. The van der Waals surface area contributed by atoms with E-state index in [4.69, 9.17) is 0 Å². The lowest BCUT2D eigenvalue weighted by atomic mass is 9.10. The fourth-order valence-corrected chi connectivity index (χ4v) is 15.5. The van der Waals surface area contributed by atoms with E-state index < -0.39 is 14.1 Å². The Morgan fingerprint density at radius 3 is 0.750 bits per heavy atom. The predicted molar refractivity (Wildman–Crippen MR) is 241 cm³/mol. The molecule has 0 aliphatic carbocycles. The number of hydrogen-bond donors (Lipinski definition) is 0. The first-order valence-electron chi connectivity index (χ1n) is 19.4. The molecule has 0 aromatic heterocycles. The molecule has 0 aliphatic heterocycles. The summed E-state index contributed by atoms with van der Waals surface area (Å²) in [5, 5.41) is 2.37. The second kappa shape index (κ2) is 15.5. The maximum atomic E-state index is 2.40. The van der Waals surface area contributed by atoms with E-state index in [0.29, 0.717) is 10.3 Å². The van der Waals surface area contributed by atoms with E-state index in [0.717, 1.165) is 0 Å². The third-order valence-electron chi connectivity index (χ3n) is 11.2. The van der Waals surface area contributed by atoms with Gasteiger partial charge in [0, 0.05) is 7.92 Å². The summed E-state index contributed by atoms with van der Waals surface area (Å²) in [6.45, 7) is 41.8. The zero-order valence-corrected chi connectivity index (χ0v) is 37.1. The van der Waals surface area contributed by atoms with Crippen LogP contribution in [0.3, 0.4) is 0 Å². The highest BCUT2D eigenvalue weighted by atomic mass is 31.1. The topological polar surface area (TPSA) is 0 Å². The first kappa shape index (κ1) is 41.4. The molecule has 0 amide bonds. The van der Waals surface area contributed by atoms with E-state index in [1.165, 1.54) is 88.6 Å². The average Bonchev–Trinajstić information content (AvgIpc) is 2.94.